The first-order chi connectivity index (χ1) is 10.7. The smallest absolute Gasteiger partial charge is 0.258 e. The molecule has 0 unspecified atom stereocenters. The van der Waals surface area contributed by atoms with Gasteiger partial charge in [0.15, 0.2) is 0 Å². The van der Waals surface area contributed by atoms with Crippen LogP contribution >= 0.6 is 23.4 Å². The third kappa shape index (κ3) is 2.94. The number of hydrogen-bond donors (Lipinski definition) is 0. The SMILES string of the molecule is COc1ccccc1C(=O)N1CCS[C@H]1c1cccc(Cl)c1. The molecule has 5 heteroatoms. The highest BCUT2D eigenvalue weighted by molar-refractivity contribution is 7.99. The highest BCUT2D eigenvalue weighted by Gasteiger charge is 2.32. The van der Waals surface area contributed by atoms with Gasteiger partial charge in [0.2, 0.25) is 0 Å². The Morgan fingerprint density at radius 3 is 2.86 bits per heavy atom. The first-order valence-electron chi connectivity index (χ1n) is 7.02. The van der Waals surface area contributed by atoms with E-state index in [0.29, 0.717) is 16.3 Å². The number of ether oxygens (including phenoxy) is 1. The minimum atomic E-state index is -0.00701. The van der Waals surface area contributed by atoms with Gasteiger partial charge in [0.05, 0.1) is 12.7 Å². The second-order valence-electron chi connectivity index (χ2n) is 4.98. The van der Waals surface area contributed by atoms with Crippen molar-refractivity contribution in [2.75, 3.05) is 19.4 Å². The van der Waals surface area contributed by atoms with Gasteiger partial charge in [-0.2, -0.15) is 0 Å². The molecule has 3 rings (SSSR count). The molecule has 1 saturated heterocycles. The Kier molecular flexibility index (Phi) is 4.60. The van der Waals surface area contributed by atoms with E-state index in [-0.39, 0.29) is 11.3 Å². The van der Waals surface area contributed by atoms with Gasteiger partial charge in [0.1, 0.15) is 11.1 Å². The Bertz CT molecular complexity index is 692. The summed E-state index contributed by atoms with van der Waals surface area (Å²) in [6.07, 6.45) is 0. The van der Waals surface area contributed by atoms with Gasteiger partial charge in [0.25, 0.3) is 5.91 Å². The maximum absolute atomic E-state index is 12.9. The summed E-state index contributed by atoms with van der Waals surface area (Å²) in [6.45, 7) is 0.721. The minimum Gasteiger partial charge on any atom is -0.496 e. The van der Waals surface area contributed by atoms with Crippen LogP contribution in [-0.4, -0.2) is 30.2 Å². The molecule has 1 aliphatic heterocycles. The van der Waals surface area contributed by atoms with Crippen LogP contribution in [0.5, 0.6) is 5.75 Å². The molecule has 22 heavy (non-hydrogen) atoms. The summed E-state index contributed by atoms with van der Waals surface area (Å²) in [5.41, 5.74) is 1.65. The molecule has 1 amide bonds. The normalized spacial score (nSPS) is 17.5. The van der Waals surface area contributed by atoms with Gasteiger partial charge in [-0.05, 0) is 29.8 Å². The number of carbonyl (C=O) groups is 1. The second kappa shape index (κ2) is 6.63. The van der Waals surface area contributed by atoms with Crippen LogP contribution in [0.15, 0.2) is 48.5 Å². The molecule has 0 radical (unpaired) electrons. The molecule has 2 aromatic rings. The molecule has 114 valence electrons. The largest absolute Gasteiger partial charge is 0.496 e. The Morgan fingerprint density at radius 2 is 2.09 bits per heavy atom. The lowest BCUT2D eigenvalue weighted by atomic mass is 10.1. The van der Waals surface area contributed by atoms with E-state index in [0.717, 1.165) is 17.9 Å². The molecule has 3 nitrogen and oxygen atoms in total. The minimum absolute atomic E-state index is 0.00360. The van der Waals surface area contributed by atoms with E-state index >= 15 is 0 Å². The Balaban J connectivity index is 1.91. The molecule has 0 aromatic heterocycles. The third-order valence-corrected chi connectivity index (χ3v) is 5.12. The van der Waals surface area contributed by atoms with Gasteiger partial charge in [-0.15, -0.1) is 11.8 Å². The quantitative estimate of drug-likeness (QED) is 0.841. The standard InChI is InChI=1S/C17H16ClNO2S/c1-21-15-8-3-2-7-14(15)16(20)19-9-10-22-17(19)12-5-4-6-13(18)11-12/h2-8,11,17H,9-10H2,1H3/t17-/m0/s1. The molecule has 0 bridgehead atoms. The summed E-state index contributed by atoms with van der Waals surface area (Å²) < 4.78 is 5.31. The van der Waals surface area contributed by atoms with E-state index in [1.54, 1.807) is 24.9 Å². The molecule has 0 spiro atoms. The van der Waals surface area contributed by atoms with Crippen molar-refractivity contribution < 1.29 is 9.53 Å². The van der Waals surface area contributed by atoms with Crippen LogP contribution in [0.4, 0.5) is 0 Å². The summed E-state index contributed by atoms with van der Waals surface area (Å²) in [5.74, 6) is 1.51. The Morgan fingerprint density at radius 1 is 1.27 bits per heavy atom. The molecular formula is C17H16ClNO2S. The number of para-hydroxylation sites is 1. The number of benzene rings is 2. The van der Waals surface area contributed by atoms with E-state index in [4.69, 9.17) is 16.3 Å². The molecule has 0 saturated carbocycles. The summed E-state index contributed by atoms with van der Waals surface area (Å²) in [7, 11) is 1.58. The number of amides is 1. The van der Waals surface area contributed by atoms with Crippen molar-refractivity contribution in [1.82, 2.24) is 4.90 Å². The fourth-order valence-electron chi connectivity index (χ4n) is 2.59. The van der Waals surface area contributed by atoms with Crippen LogP contribution < -0.4 is 4.74 Å². The molecular weight excluding hydrogens is 318 g/mol. The van der Waals surface area contributed by atoms with Crippen LogP contribution in [0.1, 0.15) is 21.3 Å². The topological polar surface area (TPSA) is 29.5 Å². The molecule has 1 heterocycles. The van der Waals surface area contributed by atoms with E-state index in [1.807, 2.05) is 47.4 Å². The van der Waals surface area contributed by atoms with E-state index < -0.39 is 0 Å². The number of nitrogens with zero attached hydrogens (tertiary/aromatic N) is 1. The highest BCUT2D eigenvalue weighted by Crippen LogP contribution is 2.40. The second-order valence-corrected chi connectivity index (χ2v) is 6.60. The number of methoxy groups -OCH3 is 1. The lowest BCUT2D eigenvalue weighted by Gasteiger charge is -2.25. The van der Waals surface area contributed by atoms with E-state index in [2.05, 4.69) is 0 Å². The van der Waals surface area contributed by atoms with Crippen molar-refractivity contribution in [2.45, 2.75) is 5.37 Å². The van der Waals surface area contributed by atoms with Crippen molar-refractivity contribution in [2.24, 2.45) is 0 Å². The lowest BCUT2D eigenvalue weighted by molar-refractivity contribution is 0.0757. The number of rotatable bonds is 3. The molecule has 0 N–H and O–H groups in total. The van der Waals surface area contributed by atoms with Crippen molar-refractivity contribution in [3.8, 4) is 5.75 Å². The van der Waals surface area contributed by atoms with Crippen molar-refractivity contribution in [3.63, 3.8) is 0 Å². The highest BCUT2D eigenvalue weighted by atomic mass is 35.5. The molecule has 1 atom stereocenters. The van der Waals surface area contributed by atoms with Crippen LogP contribution in [0.3, 0.4) is 0 Å². The van der Waals surface area contributed by atoms with Crippen molar-refractivity contribution in [3.05, 3.63) is 64.7 Å². The van der Waals surface area contributed by atoms with E-state index in [1.165, 1.54) is 0 Å². The third-order valence-electron chi connectivity index (χ3n) is 3.62. The lowest BCUT2D eigenvalue weighted by Crippen LogP contribution is -2.30. The predicted molar refractivity (Wildman–Crippen MR) is 90.7 cm³/mol. The monoisotopic (exact) mass is 333 g/mol. The van der Waals surface area contributed by atoms with E-state index in [9.17, 15) is 4.79 Å². The Labute approximate surface area is 139 Å². The maximum atomic E-state index is 12.9. The Hall–Kier alpha value is -1.65. The first kappa shape index (κ1) is 15.3. The zero-order valence-corrected chi connectivity index (χ0v) is 13.7. The van der Waals surface area contributed by atoms with Crippen molar-refractivity contribution in [1.29, 1.82) is 0 Å². The summed E-state index contributed by atoms with van der Waals surface area (Å²) in [6, 6.07) is 15.0. The zero-order valence-electron chi connectivity index (χ0n) is 12.2. The number of thioether (sulfide) groups is 1. The van der Waals surface area contributed by atoms with Gasteiger partial charge in [-0.25, -0.2) is 0 Å². The zero-order chi connectivity index (χ0) is 15.5. The van der Waals surface area contributed by atoms with Gasteiger partial charge in [-0.1, -0.05) is 35.9 Å². The molecule has 2 aromatic carbocycles. The summed E-state index contributed by atoms with van der Waals surface area (Å²) >= 11 is 7.84. The fraction of sp³-hybridized carbons (Fsp3) is 0.235. The van der Waals surface area contributed by atoms with Gasteiger partial charge < -0.3 is 9.64 Å². The average Bonchev–Trinajstić information content (AvgIpc) is 3.03. The van der Waals surface area contributed by atoms with Crippen LogP contribution in [0.25, 0.3) is 0 Å². The molecule has 0 aliphatic carbocycles. The summed E-state index contributed by atoms with van der Waals surface area (Å²) in [5, 5.41) is 0.686. The number of carbonyl (C=O) groups excluding carboxylic acids is 1. The summed E-state index contributed by atoms with van der Waals surface area (Å²) in [4.78, 5) is 14.8. The van der Waals surface area contributed by atoms with Gasteiger partial charge >= 0.3 is 0 Å². The average molecular weight is 334 g/mol. The van der Waals surface area contributed by atoms with Crippen LogP contribution in [0.2, 0.25) is 5.02 Å². The molecule has 1 aliphatic rings. The van der Waals surface area contributed by atoms with Crippen LogP contribution in [-0.2, 0) is 0 Å². The number of halogens is 1. The van der Waals surface area contributed by atoms with Gasteiger partial charge in [0, 0.05) is 17.3 Å². The predicted octanol–water partition coefficient (Wildman–Crippen LogP) is 4.24. The fourth-order valence-corrected chi connectivity index (χ4v) is 4.03. The number of hydrogen-bond acceptors (Lipinski definition) is 3. The molecule has 1 fully saturated rings. The van der Waals surface area contributed by atoms with Gasteiger partial charge in [-0.3, -0.25) is 4.79 Å². The first-order valence-corrected chi connectivity index (χ1v) is 8.44. The van der Waals surface area contributed by atoms with Crippen molar-refractivity contribution >= 4 is 29.3 Å². The van der Waals surface area contributed by atoms with Crippen LogP contribution in [0, 0.1) is 0 Å². The maximum Gasteiger partial charge on any atom is 0.258 e.